The third kappa shape index (κ3) is 6.32. The molecule has 0 aromatic heterocycles. The van der Waals surface area contributed by atoms with E-state index in [1.54, 1.807) is 0 Å². The van der Waals surface area contributed by atoms with Gasteiger partial charge in [0.25, 0.3) is 0 Å². The predicted molar refractivity (Wildman–Crippen MR) is 50.2 cm³/mol. The summed E-state index contributed by atoms with van der Waals surface area (Å²) in [5, 5.41) is 0. The van der Waals surface area contributed by atoms with Crippen LogP contribution >= 0.6 is 0 Å². The first-order valence-corrected chi connectivity index (χ1v) is 4.70. The summed E-state index contributed by atoms with van der Waals surface area (Å²) in [5.41, 5.74) is 11.3. The van der Waals surface area contributed by atoms with Gasteiger partial charge in [-0.3, -0.25) is 0 Å². The van der Waals surface area contributed by atoms with Crippen molar-refractivity contribution in [3.05, 3.63) is 0 Å². The Kier molecular flexibility index (Phi) is 5.51. The molecule has 0 aromatic rings. The van der Waals surface area contributed by atoms with E-state index in [9.17, 15) is 0 Å². The van der Waals surface area contributed by atoms with E-state index < -0.39 is 5.66 Å². The highest BCUT2D eigenvalue weighted by Crippen LogP contribution is 2.12. The van der Waals surface area contributed by atoms with E-state index >= 15 is 0 Å². The largest absolute Gasteiger partial charge is 0.313 e. The molecule has 11 heavy (non-hydrogen) atoms. The zero-order valence-corrected chi connectivity index (χ0v) is 7.90. The molecule has 0 saturated carbocycles. The summed E-state index contributed by atoms with van der Waals surface area (Å²) in [4.78, 5) is 0. The molecular formula is C9H22N2. The van der Waals surface area contributed by atoms with Crippen LogP contribution in [0.4, 0.5) is 0 Å². The van der Waals surface area contributed by atoms with E-state index in [-0.39, 0.29) is 0 Å². The minimum absolute atomic E-state index is 0.397. The first-order valence-electron chi connectivity index (χ1n) is 4.70. The highest BCUT2D eigenvalue weighted by molar-refractivity contribution is 4.75. The van der Waals surface area contributed by atoms with E-state index in [4.69, 9.17) is 11.5 Å². The quantitative estimate of drug-likeness (QED) is 0.581. The Hall–Kier alpha value is -0.0800. The fraction of sp³-hybridized carbons (Fsp3) is 1.00. The Morgan fingerprint density at radius 3 is 1.55 bits per heavy atom. The SMILES string of the molecule is CCCCC(N)(N)CCCC. The van der Waals surface area contributed by atoms with Crippen LogP contribution in [0.15, 0.2) is 0 Å². The van der Waals surface area contributed by atoms with Crippen LogP contribution in [0.25, 0.3) is 0 Å². The van der Waals surface area contributed by atoms with E-state index in [0.717, 1.165) is 25.7 Å². The lowest BCUT2D eigenvalue weighted by atomic mass is 9.98. The van der Waals surface area contributed by atoms with Crippen LogP contribution in [0.3, 0.4) is 0 Å². The molecule has 0 amide bonds. The van der Waals surface area contributed by atoms with Crippen molar-refractivity contribution >= 4 is 0 Å². The molecule has 0 heterocycles. The summed E-state index contributed by atoms with van der Waals surface area (Å²) in [7, 11) is 0. The molecule has 4 N–H and O–H groups in total. The Morgan fingerprint density at radius 1 is 0.909 bits per heavy atom. The first kappa shape index (κ1) is 10.9. The van der Waals surface area contributed by atoms with Crippen LogP contribution in [0.2, 0.25) is 0 Å². The fourth-order valence-electron chi connectivity index (χ4n) is 1.14. The van der Waals surface area contributed by atoms with Crippen molar-refractivity contribution in [1.29, 1.82) is 0 Å². The molecule has 0 aliphatic heterocycles. The topological polar surface area (TPSA) is 52.0 Å². The molecular weight excluding hydrogens is 136 g/mol. The minimum Gasteiger partial charge on any atom is -0.313 e. The molecule has 0 fully saturated rings. The van der Waals surface area contributed by atoms with Gasteiger partial charge in [-0.1, -0.05) is 39.5 Å². The van der Waals surface area contributed by atoms with E-state index in [1.807, 2.05) is 0 Å². The molecule has 2 nitrogen and oxygen atoms in total. The van der Waals surface area contributed by atoms with Crippen LogP contribution in [0, 0.1) is 0 Å². The van der Waals surface area contributed by atoms with Crippen molar-refractivity contribution in [2.75, 3.05) is 0 Å². The van der Waals surface area contributed by atoms with Gasteiger partial charge in [-0.2, -0.15) is 0 Å². The van der Waals surface area contributed by atoms with Gasteiger partial charge in [0.1, 0.15) is 0 Å². The molecule has 68 valence electrons. The number of hydrogen-bond acceptors (Lipinski definition) is 2. The molecule has 0 aromatic carbocycles. The summed E-state index contributed by atoms with van der Waals surface area (Å²) in [6, 6.07) is 0. The van der Waals surface area contributed by atoms with Gasteiger partial charge in [-0.15, -0.1) is 0 Å². The minimum atomic E-state index is -0.397. The van der Waals surface area contributed by atoms with Crippen LogP contribution in [-0.4, -0.2) is 5.66 Å². The number of nitrogens with two attached hydrogens (primary N) is 2. The average Bonchev–Trinajstić information content (AvgIpc) is 1.97. The maximum atomic E-state index is 5.87. The maximum Gasteiger partial charge on any atom is 0.0636 e. The average molecular weight is 158 g/mol. The highest BCUT2D eigenvalue weighted by Gasteiger charge is 2.16. The van der Waals surface area contributed by atoms with E-state index in [0.29, 0.717) is 0 Å². The normalized spacial score (nSPS) is 12.0. The third-order valence-electron chi connectivity index (χ3n) is 1.99. The van der Waals surface area contributed by atoms with Crippen molar-refractivity contribution in [3.8, 4) is 0 Å². The molecule has 0 radical (unpaired) electrons. The molecule has 0 aliphatic carbocycles. The second kappa shape index (κ2) is 5.56. The molecule has 0 aliphatic rings. The van der Waals surface area contributed by atoms with Gasteiger partial charge in [0.2, 0.25) is 0 Å². The second-order valence-corrected chi connectivity index (χ2v) is 3.44. The molecule has 0 rings (SSSR count). The van der Waals surface area contributed by atoms with Crippen molar-refractivity contribution in [1.82, 2.24) is 0 Å². The number of unbranched alkanes of at least 4 members (excludes halogenated alkanes) is 2. The van der Waals surface area contributed by atoms with Crippen LogP contribution < -0.4 is 11.5 Å². The van der Waals surface area contributed by atoms with Gasteiger partial charge in [-0.05, 0) is 12.8 Å². The Labute approximate surface area is 70.3 Å². The van der Waals surface area contributed by atoms with Crippen LogP contribution in [0.1, 0.15) is 52.4 Å². The van der Waals surface area contributed by atoms with E-state index in [2.05, 4.69) is 13.8 Å². The molecule has 0 saturated heterocycles. The van der Waals surface area contributed by atoms with Gasteiger partial charge in [-0.25, -0.2) is 0 Å². The van der Waals surface area contributed by atoms with Gasteiger partial charge in [0.05, 0.1) is 5.66 Å². The first-order chi connectivity index (χ1) is 5.12. The third-order valence-corrected chi connectivity index (χ3v) is 1.99. The molecule has 0 unspecified atom stereocenters. The van der Waals surface area contributed by atoms with Crippen LogP contribution in [-0.2, 0) is 0 Å². The monoisotopic (exact) mass is 158 g/mol. The lowest BCUT2D eigenvalue weighted by Gasteiger charge is -2.23. The fourth-order valence-corrected chi connectivity index (χ4v) is 1.14. The lowest BCUT2D eigenvalue weighted by Crippen LogP contribution is -2.49. The lowest BCUT2D eigenvalue weighted by molar-refractivity contribution is 0.356. The van der Waals surface area contributed by atoms with Gasteiger partial charge in [0.15, 0.2) is 0 Å². The summed E-state index contributed by atoms with van der Waals surface area (Å²) in [6.07, 6.45) is 6.59. The van der Waals surface area contributed by atoms with Gasteiger partial charge in [0, 0.05) is 0 Å². The summed E-state index contributed by atoms with van der Waals surface area (Å²) in [5.74, 6) is 0. The van der Waals surface area contributed by atoms with E-state index in [1.165, 1.54) is 12.8 Å². The van der Waals surface area contributed by atoms with Crippen molar-refractivity contribution < 1.29 is 0 Å². The molecule has 0 spiro atoms. The smallest absolute Gasteiger partial charge is 0.0636 e. The Balaban J connectivity index is 3.43. The van der Waals surface area contributed by atoms with Gasteiger partial charge < -0.3 is 11.5 Å². The second-order valence-electron chi connectivity index (χ2n) is 3.44. The van der Waals surface area contributed by atoms with Crippen molar-refractivity contribution in [2.45, 2.75) is 58.0 Å². The number of hydrogen-bond donors (Lipinski definition) is 2. The Morgan fingerprint density at radius 2 is 1.27 bits per heavy atom. The van der Waals surface area contributed by atoms with Gasteiger partial charge >= 0.3 is 0 Å². The maximum absolute atomic E-state index is 5.87. The standard InChI is InChI=1S/C9H22N2/c1-3-5-7-9(10,11)8-6-4-2/h3-8,10-11H2,1-2H3. The summed E-state index contributed by atoms with van der Waals surface area (Å²) in [6.45, 7) is 4.33. The van der Waals surface area contributed by atoms with Crippen molar-refractivity contribution in [2.24, 2.45) is 11.5 Å². The zero-order chi connectivity index (χ0) is 8.74. The molecule has 0 atom stereocenters. The Bertz CT molecular complexity index is 79.6. The summed E-state index contributed by atoms with van der Waals surface area (Å²) < 4.78 is 0. The van der Waals surface area contributed by atoms with Crippen LogP contribution in [0.5, 0.6) is 0 Å². The number of rotatable bonds is 6. The summed E-state index contributed by atoms with van der Waals surface area (Å²) >= 11 is 0. The molecule has 2 heteroatoms. The zero-order valence-electron chi connectivity index (χ0n) is 7.90. The predicted octanol–water partition coefficient (Wildman–Crippen LogP) is 1.98. The van der Waals surface area contributed by atoms with Crippen molar-refractivity contribution in [3.63, 3.8) is 0 Å². The molecule has 0 bridgehead atoms. The highest BCUT2D eigenvalue weighted by atomic mass is 14.9.